The van der Waals surface area contributed by atoms with E-state index in [1.165, 1.54) is 19.3 Å². The fourth-order valence-electron chi connectivity index (χ4n) is 12.1. The molecule has 10 heterocycles. The van der Waals surface area contributed by atoms with Gasteiger partial charge in [0.2, 0.25) is 87.9 Å². The summed E-state index contributed by atoms with van der Waals surface area (Å²) in [5.74, 6) is 7.91. The molecule has 31 nitrogen and oxygen atoms in total. The van der Waals surface area contributed by atoms with Gasteiger partial charge in [-0.15, -0.1) is 0 Å². The molecule has 12 rings (SSSR count). The van der Waals surface area contributed by atoms with Gasteiger partial charge in [-0.05, 0) is 81.3 Å². The molecule has 1 aliphatic carbocycles. The Morgan fingerprint density at radius 1 is 0.468 bits per heavy atom. The lowest BCUT2D eigenvalue weighted by Crippen LogP contribution is -2.51. The van der Waals surface area contributed by atoms with Crippen molar-refractivity contribution in [1.82, 2.24) is 79.7 Å². The Morgan fingerprint density at radius 2 is 0.830 bits per heavy atom. The standard InChI is InChI=1S/C61H89Cl2N29O2/c1-7-8-15-20-64-47-71-52(84-23-21-83(22-24-84)51-69-45(62)68-46(63)70-51)79-53(72-47)85-25-27-86(28-26-85)54-73-48(65-41-42(2)3)74-55(80-54)87-29-31-88(32-30-87)56-75-49(66-43-16-11-9-12-17-43)76-57(81-56)89-33-35-90(36-34-89)58-77-50(67-44-18-13-10-14-19-44)78-59(82-58)91-37-39-92(40-38-91)60(93)94-61(4,5)6/h10,13-14,18-19,42-43H,7-9,11-12,15-17,20-41H2,1-6H3,(H,64,71,72,79)(H,65,73,74,80)(H,66,75,76,81)(H,67,77,78,82). The number of para-hydroxylation sites is 1. The van der Waals surface area contributed by atoms with Crippen molar-refractivity contribution in [2.45, 2.75) is 105 Å². The molecule has 94 heavy (non-hydrogen) atoms. The molecule has 1 saturated carbocycles. The van der Waals surface area contributed by atoms with Crippen molar-refractivity contribution < 1.29 is 9.53 Å². The van der Waals surface area contributed by atoms with Crippen LogP contribution in [0, 0.1) is 5.92 Å². The van der Waals surface area contributed by atoms with Gasteiger partial charge in [0.1, 0.15) is 5.60 Å². The SMILES string of the molecule is CCCCCNc1nc(N2CCN(c3nc(Cl)nc(Cl)n3)CC2)nc(N2CCN(c3nc(NCC(C)C)nc(N4CCN(c5nc(NC6CCCCC6)nc(N6CCN(c7nc(Nc8ccccc8)nc(N8CCN(C(=O)OC(C)(C)C)CC8)n7)CC6)n5)CC4)n3)CC2)n1. The molecule has 5 aliphatic heterocycles. The minimum absolute atomic E-state index is 0.0628. The number of aromatic nitrogens is 15. The molecule has 33 heteroatoms. The maximum absolute atomic E-state index is 13.0. The Morgan fingerprint density at radius 3 is 1.21 bits per heavy atom. The maximum Gasteiger partial charge on any atom is 0.410 e. The summed E-state index contributed by atoms with van der Waals surface area (Å²) in [5, 5.41) is 14.3. The van der Waals surface area contributed by atoms with Gasteiger partial charge in [-0.3, -0.25) is 0 Å². The van der Waals surface area contributed by atoms with Crippen molar-refractivity contribution in [1.29, 1.82) is 0 Å². The first-order valence-corrected chi connectivity index (χ1v) is 34.3. The predicted molar refractivity (Wildman–Crippen MR) is 368 cm³/mol. The second-order valence-corrected chi connectivity index (χ2v) is 26.6. The number of unbranched alkanes of at least 4 members (excludes halogenated alkanes) is 2. The molecule has 5 saturated heterocycles. The minimum atomic E-state index is -0.576. The zero-order valence-electron chi connectivity index (χ0n) is 55.0. The monoisotopic (exact) mass is 1330 g/mol. The summed E-state index contributed by atoms with van der Waals surface area (Å²) in [6.07, 6.45) is 8.69. The van der Waals surface area contributed by atoms with E-state index < -0.39 is 5.60 Å². The van der Waals surface area contributed by atoms with Gasteiger partial charge in [-0.25, -0.2) is 4.79 Å². The number of ether oxygens (including phenoxy) is 1. The first kappa shape index (κ1) is 65.6. The minimum Gasteiger partial charge on any atom is -0.444 e. The van der Waals surface area contributed by atoms with Crippen molar-refractivity contribution in [3.63, 3.8) is 0 Å². The Bertz CT molecular complexity index is 3440. The van der Waals surface area contributed by atoms with E-state index in [2.05, 4.69) is 96.2 Å². The van der Waals surface area contributed by atoms with Crippen molar-refractivity contribution in [2.24, 2.45) is 5.92 Å². The lowest BCUT2D eigenvalue weighted by molar-refractivity contribution is 0.0240. The van der Waals surface area contributed by atoms with Crippen LogP contribution in [0.3, 0.4) is 0 Å². The Kier molecular flexibility index (Phi) is 21.1. The largest absolute Gasteiger partial charge is 0.444 e. The molecule has 0 unspecified atom stereocenters. The number of piperazine rings is 5. The summed E-state index contributed by atoms with van der Waals surface area (Å²) in [5.41, 5.74) is 0.293. The normalized spacial score (nSPS) is 17.9. The van der Waals surface area contributed by atoms with Gasteiger partial charge in [-0.1, -0.05) is 71.1 Å². The third-order valence-electron chi connectivity index (χ3n) is 17.3. The molecule has 6 aromatic rings. The van der Waals surface area contributed by atoms with Crippen molar-refractivity contribution in [2.75, 3.05) is 209 Å². The van der Waals surface area contributed by atoms with Crippen LogP contribution < -0.4 is 65.4 Å². The lowest BCUT2D eigenvalue weighted by atomic mass is 9.96. The highest BCUT2D eigenvalue weighted by molar-refractivity contribution is 6.31. The maximum atomic E-state index is 13.0. The van der Waals surface area contributed by atoms with Crippen LogP contribution in [0.2, 0.25) is 10.6 Å². The molecule has 5 aromatic heterocycles. The Hall–Kier alpha value is -8.48. The van der Waals surface area contributed by atoms with Crippen molar-refractivity contribution in [3.8, 4) is 0 Å². The molecule has 1 aromatic carbocycles. The van der Waals surface area contributed by atoms with Gasteiger partial charge >= 0.3 is 6.09 Å². The van der Waals surface area contributed by atoms with E-state index in [9.17, 15) is 4.79 Å². The Labute approximate surface area is 559 Å². The topological polar surface area (TPSA) is 300 Å². The zero-order chi connectivity index (χ0) is 65.1. The summed E-state index contributed by atoms with van der Waals surface area (Å²) in [6.45, 7) is 26.0. The van der Waals surface area contributed by atoms with E-state index in [1.54, 1.807) is 4.90 Å². The lowest BCUT2D eigenvalue weighted by Gasteiger charge is -2.38. The van der Waals surface area contributed by atoms with Crippen LogP contribution >= 0.6 is 23.2 Å². The molecule has 6 aliphatic rings. The fraction of sp³-hybridized carbons (Fsp3) is 0.639. The van der Waals surface area contributed by atoms with Gasteiger partial charge in [0.25, 0.3) is 0 Å². The summed E-state index contributed by atoms with van der Waals surface area (Å²) < 4.78 is 5.68. The Balaban J connectivity index is 0.717. The zero-order valence-corrected chi connectivity index (χ0v) is 56.5. The highest BCUT2D eigenvalue weighted by atomic mass is 35.5. The number of hydrogen-bond acceptors (Lipinski definition) is 30. The number of halogens is 2. The van der Waals surface area contributed by atoms with Gasteiger partial charge < -0.3 is 75.0 Å². The number of rotatable bonds is 21. The van der Waals surface area contributed by atoms with Gasteiger partial charge in [0.15, 0.2) is 0 Å². The summed E-state index contributed by atoms with van der Waals surface area (Å²) in [4.78, 5) is 108. The second kappa shape index (κ2) is 30.3. The number of carbonyl (C=O) groups excluding carboxylic acids is 1. The molecular formula is C61H89Cl2N29O2. The molecule has 6 fully saturated rings. The van der Waals surface area contributed by atoms with Crippen molar-refractivity contribution in [3.05, 3.63) is 40.9 Å². The number of hydrogen-bond donors (Lipinski definition) is 4. The summed E-state index contributed by atoms with van der Waals surface area (Å²) >= 11 is 12.3. The number of nitrogens with one attached hydrogen (secondary N) is 4. The highest BCUT2D eigenvalue weighted by Gasteiger charge is 2.33. The van der Waals surface area contributed by atoms with E-state index in [4.69, 9.17) is 87.7 Å². The van der Waals surface area contributed by atoms with Crippen LogP contribution in [0.4, 0.5) is 87.8 Å². The van der Waals surface area contributed by atoms with Crippen LogP contribution in [-0.4, -0.2) is 241 Å². The first-order chi connectivity index (χ1) is 45.6. The van der Waals surface area contributed by atoms with Crippen LogP contribution in [-0.2, 0) is 4.74 Å². The third-order valence-corrected chi connectivity index (χ3v) is 17.7. The van der Waals surface area contributed by atoms with Gasteiger partial charge in [0, 0.05) is 156 Å². The molecule has 1 amide bonds. The number of carbonyl (C=O) groups is 1. The molecule has 4 N–H and O–H groups in total. The molecule has 0 bridgehead atoms. The summed E-state index contributed by atoms with van der Waals surface area (Å²) in [7, 11) is 0. The van der Waals surface area contributed by atoms with E-state index in [0.29, 0.717) is 227 Å². The summed E-state index contributed by atoms with van der Waals surface area (Å²) in [6, 6.07) is 10.2. The first-order valence-electron chi connectivity index (χ1n) is 33.5. The fourth-order valence-corrected chi connectivity index (χ4v) is 12.4. The van der Waals surface area contributed by atoms with Crippen LogP contribution in [0.15, 0.2) is 30.3 Å². The molecule has 504 valence electrons. The van der Waals surface area contributed by atoms with Gasteiger partial charge in [-0.2, -0.15) is 74.8 Å². The number of amides is 1. The van der Waals surface area contributed by atoms with E-state index in [1.807, 2.05) is 56.0 Å². The second-order valence-electron chi connectivity index (χ2n) is 25.9. The predicted octanol–water partition coefficient (Wildman–Crippen LogP) is 6.44. The van der Waals surface area contributed by atoms with Crippen LogP contribution in [0.25, 0.3) is 0 Å². The molecule has 0 spiro atoms. The smallest absolute Gasteiger partial charge is 0.410 e. The molecular weight excluding hydrogens is 1240 g/mol. The third kappa shape index (κ3) is 17.3. The molecule has 0 radical (unpaired) electrons. The number of anilines is 14. The van der Waals surface area contributed by atoms with Gasteiger partial charge in [0.05, 0.1) is 0 Å². The van der Waals surface area contributed by atoms with Crippen LogP contribution in [0.1, 0.15) is 92.9 Å². The van der Waals surface area contributed by atoms with E-state index in [0.717, 1.165) is 44.3 Å². The van der Waals surface area contributed by atoms with Crippen molar-refractivity contribution >= 4 is 112 Å². The van der Waals surface area contributed by atoms with E-state index in [-0.39, 0.29) is 16.7 Å². The highest BCUT2D eigenvalue weighted by Crippen LogP contribution is 2.30. The average molecular weight is 1330 g/mol. The molecule has 0 atom stereocenters. The number of benzene rings is 1. The average Bonchev–Trinajstić information content (AvgIpc) is 0.834. The van der Waals surface area contributed by atoms with Crippen LogP contribution in [0.5, 0.6) is 0 Å². The quantitative estimate of drug-likeness (QED) is 0.0564. The van der Waals surface area contributed by atoms with E-state index >= 15 is 0 Å². The number of nitrogens with zero attached hydrogens (tertiary/aromatic N) is 25.